The highest BCUT2D eigenvalue weighted by Gasteiger charge is 2.61. The molecule has 0 aromatic heterocycles. The van der Waals surface area contributed by atoms with Crippen molar-refractivity contribution in [3.63, 3.8) is 0 Å². The molecule has 2 aromatic rings. The zero-order chi connectivity index (χ0) is 25.8. The van der Waals surface area contributed by atoms with Crippen LogP contribution in [0, 0.1) is 34.5 Å². The standard InChI is InChI=1S/C32H39N3O2/c1-31-20-18-26-24(14-17-28-32(26,2)21-19-29(36)34(28)3)25(31)15-16-27(31)30(37)33-35(22-10-6-4-7-11-22)23-12-8-5-9-13-23/h4-13,19,21,24-28H,14-18,20H2,1-3H3,(H,33,37)/t24-,25-,26+,27?,28?,31-,32+/m0/s1. The van der Waals surface area contributed by atoms with E-state index in [4.69, 9.17) is 0 Å². The first-order valence-corrected chi connectivity index (χ1v) is 14.0. The lowest BCUT2D eigenvalue weighted by molar-refractivity contribution is -0.142. The van der Waals surface area contributed by atoms with Gasteiger partial charge >= 0.3 is 0 Å². The van der Waals surface area contributed by atoms with Crippen LogP contribution < -0.4 is 10.4 Å². The molecule has 1 aliphatic heterocycles. The van der Waals surface area contributed by atoms with Crippen molar-refractivity contribution in [2.45, 2.75) is 58.4 Å². The fraction of sp³-hybridized carbons (Fsp3) is 0.500. The Morgan fingerprint density at radius 3 is 2.19 bits per heavy atom. The molecule has 3 fully saturated rings. The summed E-state index contributed by atoms with van der Waals surface area (Å²) in [5.41, 5.74) is 5.28. The average molecular weight is 498 g/mol. The van der Waals surface area contributed by atoms with Gasteiger partial charge in [-0.3, -0.25) is 20.0 Å². The molecule has 2 aromatic carbocycles. The first-order valence-electron chi connectivity index (χ1n) is 14.0. The molecule has 194 valence electrons. The van der Waals surface area contributed by atoms with Crippen LogP contribution in [0.5, 0.6) is 0 Å². The summed E-state index contributed by atoms with van der Waals surface area (Å²) in [4.78, 5) is 28.4. The van der Waals surface area contributed by atoms with Crippen LogP contribution in [-0.2, 0) is 9.59 Å². The molecule has 7 atom stereocenters. The molecule has 3 saturated carbocycles. The molecular formula is C32H39N3O2. The van der Waals surface area contributed by atoms with Crippen molar-refractivity contribution in [2.75, 3.05) is 12.1 Å². The molecule has 6 rings (SSSR count). The van der Waals surface area contributed by atoms with Crippen molar-refractivity contribution in [2.24, 2.45) is 34.5 Å². The number of carbonyl (C=O) groups is 2. The van der Waals surface area contributed by atoms with E-state index in [1.807, 2.05) is 77.6 Å². The van der Waals surface area contributed by atoms with Crippen molar-refractivity contribution in [3.8, 4) is 0 Å². The third-order valence-electron chi connectivity index (χ3n) is 10.7. The number of anilines is 2. The van der Waals surface area contributed by atoms with E-state index in [-0.39, 0.29) is 28.6 Å². The molecular weight excluding hydrogens is 458 g/mol. The van der Waals surface area contributed by atoms with Crippen LogP contribution in [0.2, 0.25) is 0 Å². The van der Waals surface area contributed by atoms with Gasteiger partial charge in [0.25, 0.3) is 0 Å². The highest BCUT2D eigenvalue weighted by molar-refractivity contribution is 5.89. The second kappa shape index (κ2) is 9.04. The molecule has 1 N–H and O–H groups in total. The van der Waals surface area contributed by atoms with Gasteiger partial charge in [-0.2, -0.15) is 0 Å². The molecule has 5 heteroatoms. The number of nitrogens with zero attached hydrogens (tertiary/aromatic N) is 2. The quantitative estimate of drug-likeness (QED) is 0.519. The van der Waals surface area contributed by atoms with E-state index in [1.165, 1.54) is 0 Å². The second-order valence-electron chi connectivity index (χ2n) is 12.3. The van der Waals surface area contributed by atoms with E-state index >= 15 is 0 Å². The molecule has 0 spiro atoms. The Labute approximate surface area is 220 Å². The predicted molar refractivity (Wildman–Crippen MR) is 147 cm³/mol. The number of carbonyl (C=O) groups excluding carboxylic acids is 2. The largest absolute Gasteiger partial charge is 0.338 e. The lowest BCUT2D eigenvalue weighted by atomic mass is 9.47. The van der Waals surface area contributed by atoms with Crippen molar-refractivity contribution in [3.05, 3.63) is 72.8 Å². The highest BCUT2D eigenvalue weighted by atomic mass is 16.2. The number of nitrogens with one attached hydrogen (secondary N) is 1. The lowest BCUT2D eigenvalue weighted by Gasteiger charge is -2.60. The molecule has 4 aliphatic rings. The van der Waals surface area contributed by atoms with Crippen molar-refractivity contribution in [1.82, 2.24) is 10.3 Å². The summed E-state index contributed by atoms with van der Waals surface area (Å²) in [7, 11) is 1.98. The number of hydrazine groups is 1. The number of para-hydroxylation sites is 2. The summed E-state index contributed by atoms with van der Waals surface area (Å²) in [6.45, 7) is 4.77. The second-order valence-corrected chi connectivity index (χ2v) is 12.3. The van der Waals surface area contributed by atoms with Gasteiger partial charge in [-0.05, 0) is 92.0 Å². The third kappa shape index (κ3) is 3.81. The zero-order valence-corrected chi connectivity index (χ0v) is 22.3. The molecule has 3 aliphatic carbocycles. The summed E-state index contributed by atoms with van der Waals surface area (Å²) in [5, 5.41) is 1.94. The van der Waals surface area contributed by atoms with Gasteiger partial charge in [-0.1, -0.05) is 56.3 Å². The molecule has 1 heterocycles. The number of benzene rings is 2. The van der Waals surface area contributed by atoms with Crippen LogP contribution in [0.25, 0.3) is 0 Å². The topological polar surface area (TPSA) is 52.7 Å². The average Bonchev–Trinajstić information content (AvgIpc) is 3.28. The molecule has 0 radical (unpaired) electrons. The van der Waals surface area contributed by atoms with Gasteiger partial charge in [0.1, 0.15) is 0 Å². The highest BCUT2D eigenvalue weighted by Crippen LogP contribution is 2.65. The molecule has 2 amide bonds. The summed E-state index contributed by atoms with van der Waals surface area (Å²) in [6.07, 6.45) is 10.5. The number of hydrogen-bond donors (Lipinski definition) is 1. The van der Waals surface area contributed by atoms with Gasteiger partial charge in [-0.15, -0.1) is 0 Å². The summed E-state index contributed by atoms with van der Waals surface area (Å²) in [6, 6.07) is 20.5. The maximum absolute atomic E-state index is 14.0. The fourth-order valence-electron chi connectivity index (χ4n) is 8.79. The SMILES string of the molecule is CN1C(=O)C=C[C@@]2(C)C1CC[C@@H]1[C@H]2CC[C@]2(C)C(C(=O)NN(c3ccccc3)c3ccccc3)CC[C@@H]12. The van der Waals surface area contributed by atoms with Crippen molar-refractivity contribution >= 4 is 23.2 Å². The molecule has 0 saturated heterocycles. The van der Waals surface area contributed by atoms with Crippen LogP contribution in [-0.4, -0.2) is 29.8 Å². The summed E-state index contributed by atoms with van der Waals surface area (Å²) < 4.78 is 0. The van der Waals surface area contributed by atoms with Gasteiger partial charge in [0, 0.05) is 24.4 Å². The minimum absolute atomic E-state index is 0.00468. The minimum atomic E-state index is 0.00468. The normalized spacial score (nSPS) is 36.4. The van der Waals surface area contributed by atoms with E-state index < -0.39 is 0 Å². The van der Waals surface area contributed by atoms with Crippen molar-refractivity contribution in [1.29, 1.82) is 0 Å². The fourth-order valence-corrected chi connectivity index (χ4v) is 8.79. The smallest absolute Gasteiger partial charge is 0.246 e. The van der Waals surface area contributed by atoms with Gasteiger partial charge in [0.15, 0.2) is 0 Å². The van der Waals surface area contributed by atoms with E-state index in [2.05, 4.69) is 25.3 Å². The molecule has 2 unspecified atom stereocenters. The number of rotatable bonds is 4. The third-order valence-corrected chi connectivity index (χ3v) is 10.7. The van der Waals surface area contributed by atoms with E-state index in [9.17, 15) is 9.59 Å². The van der Waals surface area contributed by atoms with Crippen LogP contribution in [0.4, 0.5) is 11.4 Å². The van der Waals surface area contributed by atoms with E-state index in [1.54, 1.807) is 6.08 Å². The van der Waals surface area contributed by atoms with Gasteiger partial charge in [-0.25, -0.2) is 0 Å². The first-order chi connectivity index (χ1) is 17.8. The number of fused-ring (bicyclic) bond motifs is 5. The number of likely N-dealkylation sites (N-methyl/N-ethyl adjacent to an activating group) is 1. The Kier molecular flexibility index (Phi) is 5.93. The van der Waals surface area contributed by atoms with E-state index in [0.717, 1.165) is 49.9 Å². The maximum atomic E-state index is 14.0. The first kappa shape index (κ1) is 24.3. The Balaban J connectivity index is 1.25. The Bertz CT molecular complexity index is 1160. The Morgan fingerprint density at radius 1 is 0.892 bits per heavy atom. The maximum Gasteiger partial charge on any atom is 0.246 e. The zero-order valence-electron chi connectivity index (χ0n) is 22.3. The number of hydrogen-bond acceptors (Lipinski definition) is 3. The van der Waals surface area contributed by atoms with Crippen LogP contribution in [0.15, 0.2) is 72.8 Å². The van der Waals surface area contributed by atoms with Crippen LogP contribution >= 0.6 is 0 Å². The van der Waals surface area contributed by atoms with Gasteiger partial charge in [0.05, 0.1) is 11.4 Å². The molecule has 0 bridgehead atoms. The summed E-state index contributed by atoms with van der Waals surface area (Å²) in [5.74, 6) is 2.02. The monoisotopic (exact) mass is 497 g/mol. The molecule has 37 heavy (non-hydrogen) atoms. The minimum Gasteiger partial charge on any atom is -0.338 e. The van der Waals surface area contributed by atoms with Crippen LogP contribution in [0.1, 0.15) is 52.4 Å². The number of amides is 2. The van der Waals surface area contributed by atoms with E-state index in [0.29, 0.717) is 23.8 Å². The van der Waals surface area contributed by atoms with Crippen LogP contribution in [0.3, 0.4) is 0 Å². The lowest BCUT2D eigenvalue weighted by Crippen LogP contribution is -2.60. The van der Waals surface area contributed by atoms with Gasteiger partial charge < -0.3 is 4.90 Å². The van der Waals surface area contributed by atoms with Gasteiger partial charge in [0.2, 0.25) is 11.8 Å². The molecule has 5 nitrogen and oxygen atoms in total. The Morgan fingerprint density at radius 2 is 1.54 bits per heavy atom. The summed E-state index contributed by atoms with van der Waals surface area (Å²) >= 11 is 0. The predicted octanol–water partition coefficient (Wildman–Crippen LogP) is 6.11. The Hall–Kier alpha value is -3.08. The van der Waals surface area contributed by atoms with Crippen molar-refractivity contribution < 1.29 is 9.59 Å².